The quantitative estimate of drug-likeness (QED) is 0.420. The number of rotatable bonds is 4. The Morgan fingerprint density at radius 1 is 0.900 bits per heavy atom. The van der Waals surface area contributed by atoms with E-state index in [1.165, 1.54) is 18.2 Å². The number of allylic oxidation sites excluding steroid dienone is 2. The van der Waals surface area contributed by atoms with Gasteiger partial charge in [0.15, 0.2) is 0 Å². The fourth-order valence-electron chi connectivity index (χ4n) is 3.99. The van der Waals surface area contributed by atoms with Gasteiger partial charge in [0.2, 0.25) is 9.84 Å². The second kappa shape index (κ2) is 7.15. The molecule has 160 valence electrons. The van der Waals surface area contributed by atoms with Crippen molar-refractivity contribution >= 4 is 36.9 Å². The molecule has 0 heterocycles. The summed E-state index contributed by atoms with van der Waals surface area (Å²) in [7, 11) is -4.70. The average molecular weight is 507 g/mol. The Morgan fingerprint density at radius 3 is 1.93 bits per heavy atom. The highest BCUT2D eigenvalue weighted by atomic mass is 79.9. The second-order valence-electron chi connectivity index (χ2n) is 7.83. The minimum absolute atomic E-state index is 0.0316. The molecule has 1 saturated carbocycles. The highest BCUT2D eigenvalue weighted by Crippen LogP contribution is 2.63. The van der Waals surface area contributed by atoms with E-state index in [1.807, 2.05) is 0 Å². The molecule has 4 rings (SSSR count). The molecule has 0 saturated heterocycles. The molecular weight excluding hydrogens is 491 g/mol. The summed E-state index contributed by atoms with van der Waals surface area (Å²) < 4.78 is 88.9. The van der Waals surface area contributed by atoms with Crippen LogP contribution in [-0.4, -0.2) is 14.2 Å². The zero-order valence-corrected chi connectivity index (χ0v) is 17.8. The summed E-state index contributed by atoms with van der Waals surface area (Å²) in [6.07, 6.45) is -1.25. The first-order valence-electron chi connectivity index (χ1n) is 9.15. The number of sulfone groups is 1. The van der Waals surface area contributed by atoms with Crippen LogP contribution in [0.3, 0.4) is 0 Å². The largest absolute Gasteiger partial charge is 0.417 e. The van der Waals surface area contributed by atoms with Crippen molar-refractivity contribution in [2.45, 2.75) is 42.5 Å². The zero-order chi connectivity index (χ0) is 21.9. The lowest BCUT2D eigenvalue weighted by Gasteiger charge is -2.14. The third-order valence-corrected chi connectivity index (χ3v) is 7.90. The molecule has 2 aromatic carbocycles. The molecule has 0 unspecified atom stereocenters. The summed E-state index contributed by atoms with van der Waals surface area (Å²) in [4.78, 5) is -0.481. The molecule has 2 aliphatic carbocycles. The van der Waals surface area contributed by atoms with Crippen LogP contribution in [0.5, 0.6) is 0 Å². The molecule has 2 aromatic rings. The number of halogens is 6. The maximum absolute atomic E-state index is 13.4. The van der Waals surface area contributed by atoms with E-state index >= 15 is 0 Å². The van der Waals surface area contributed by atoms with Gasteiger partial charge in [-0.1, -0.05) is 34.1 Å². The molecule has 30 heavy (non-hydrogen) atoms. The van der Waals surface area contributed by atoms with Crippen LogP contribution in [0, 0.1) is 5.41 Å². The summed E-state index contributed by atoms with van der Waals surface area (Å²) in [5.41, 5.74) is 2.00. The highest BCUT2D eigenvalue weighted by molar-refractivity contribution is 9.10. The van der Waals surface area contributed by atoms with Crippen LogP contribution in [0.15, 0.2) is 51.8 Å². The maximum Gasteiger partial charge on any atom is 0.417 e. The first-order valence-corrected chi connectivity index (χ1v) is 11.5. The third kappa shape index (κ3) is 3.82. The highest BCUT2D eigenvalue weighted by Gasteiger charge is 2.48. The molecule has 0 amide bonds. The van der Waals surface area contributed by atoms with E-state index < -0.39 is 32.2 Å². The first-order chi connectivity index (χ1) is 13.9. The lowest BCUT2D eigenvalue weighted by Crippen LogP contribution is -2.11. The van der Waals surface area contributed by atoms with Gasteiger partial charge in [-0.2, -0.15) is 22.0 Å². The molecule has 0 N–H and O–H groups in total. The number of hydrogen-bond donors (Lipinski definition) is 0. The van der Waals surface area contributed by atoms with Gasteiger partial charge in [-0.25, -0.2) is 8.42 Å². The van der Waals surface area contributed by atoms with Gasteiger partial charge in [0.05, 0.1) is 10.5 Å². The van der Waals surface area contributed by atoms with E-state index in [9.17, 15) is 30.4 Å². The molecule has 9 heteroatoms. The summed E-state index contributed by atoms with van der Waals surface area (Å²) >= 11 is 2.95. The molecule has 2 nitrogen and oxygen atoms in total. The van der Waals surface area contributed by atoms with Gasteiger partial charge in [0.25, 0.3) is 0 Å². The van der Waals surface area contributed by atoms with Crippen molar-refractivity contribution in [3.63, 3.8) is 0 Å². The SMILES string of the molecule is O=S(=O)(c1ccc(C2=C(c3ccc(Br)c(C(F)(F)F)c3)CC3(CC3)C2)cc1)C(F)F. The Hall–Kier alpha value is -1.74. The van der Waals surface area contributed by atoms with Crippen molar-refractivity contribution in [3.05, 3.63) is 63.6 Å². The van der Waals surface area contributed by atoms with Crippen LogP contribution in [0.1, 0.15) is 42.4 Å². The predicted molar refractivity (Wildman–Crippen MR) is 106 cm³/mol. The van der Waals surface area contributed by atoms with Gasteiger partial charge >= 0.3 is 11.9 Å². The maximum atomic E-state index is 13.4. The Labute approximate surface area is 178 Å². The lowest BCUT2D eigenvalue weighted by atomic mass is 9.96. The van der Waals surface area contributed by atoms with Crippen LogP contribution in [0.2, 0.25) is 0 Å². The third-order valence-electron chi connectivity index (χ3n) is 5.81. The van der Waals surface area contributed by atoms with Crippen molar-refractivity contribution in [2.75, 3.05) is 0 Å². The number of alkyl halides is 5. The minimum Gasteiger partial charge on any atom is -0.218 e. The summed E-state index contributed by atoms with van der Waals surface area (Å²) in [5.74, 6) is -3.51. The van der Waals surface area contributed by atoms with E-state index in [4.69, 9.17) is 0 Å². The monoisotopic (exact) mass is 506 g/mol. The average Bonchev–Trinajstić information content (AvgIpc) is 3.32. The van der Waals surface area contributed by atoms with Crippen molar-refractivity contribution in [2.24, 2.45) is 5.41 Å². The van der Waals surface area contributed by atoms with Crippen LogP contribution < -0.4 is 0 Å². The number of benzene rings is 2. The van der Waals surface area contributed by atoms with Gasteiger partial charge in [0.1, 0.15) is 0 Å². The van der Waals surface area contributed by atoms with Crippen LogP contribution in [0.25, 0.3) is 11.1 Å². The Balaban J connectivity index is 1.78. The molecule has 0 atom stereocenters. The molecule has 0 aromatic heterocycles. The summed E-state index contributed by atoms with van der Waals surface area (Å²) in [5, 5.41) is 0. The molecule has 0 aliphatic heterocycles. The van der Waals surface area contributed by atoms with Crippen LogP contribution in [-0.2, 0) is 16.0 Å². The normalized spacial score (nSPS) is 18.5. The molecular formula is C21H16BrF5O2S. The van der Waals surface area contributed by atoms with Gasteiger partial charge in [0, 0.05) is 4.47 Å². The topological polar surface area (TPSA) is 34.1 Å². The van der Waals surface area contributed by atoms with Crippen molar-refractivity contribution in [1.82, 2.24) is 0 Å². The van der Waals surface area contributed by atoms with Gasteiger partial charge in [-0.05, 0) is 77.6 Å². The van der Waals surface area contributed by atoms with E-state index in [2.05, 4.69) is 15.9 Å². The number of hydrogen-bond acceptors (Lipinski definition) is 2. The van der Waals surface area contributed by atoms with E-state index in [0.717, 1.165) is 42.2 Å². The molecule has 2 aliphatic rings. The lowest BCUT2D eigenvalue weighted by molar-refractivity contribution is -0.138. The molecule has 1 spiro atoms. The van der Waals surface area contributed by atoms with E-state index in [-0.39, 0.29) is 9.89 Å². The van der Waals surface area contributed by atoms with E-state index in [0.29, 0.717) is 24.0 Å². The Kier molecular flexibility index (Phi) is 5.12. The van der Waals surface area contributed by atoms with Gasteiger partial charge in [-0.3, -0.25) is 0 Å². The fraction of sp³-hybridized carbons (Fsp3) is 0.333. The second-order valence-corrected chi connectivity index (χ2v) is 10.6. The van der Waals surface area contributed by atoms with Crippen LogP contribution >= 0.6 is 15.9 Å². The van der Waals surface area contributed by atoms with E-state index in [1.54, 1.807) is 6.07 Å². The molecule has 0 bridgehead atoms. The summed E-state index contributed by atoms with van der Waals surface area (Å²) in [6.45, 7) is 0. The van der Waals surface area contributed by atoms with Crippen molar-refractivity contribution in [1.29, 1.82) is 0 Å². The molecule has 0 radical (unpaired) electrons. The molecule has 1 fully saturated rings. The fourth-order valence-corrected chi connectivity index (χ4v) is 5.18. The van der Waals surface area contributed by atoms with Crippen LogP contribution in [0.4, 0.5) is 22.0 Å². The smallest absolute Gasteiger partial charge is 0.218 e. The predicted octanol–water partition coefficient (Wildman–Crippen LogP) is 6.95. The minimum atomic E-state index is -4.70. The Bertz CT molecular complexity index is 1130. The first kappa shape index (κ1) is 21.5. The van der Waals surface area contributed by atoms with Gasteiger partial charge in [-0.15, -0.1) is 0 Å². The summed E-state index contributed by atoms with van der Waals surface area (Å²) in [6, 6.07) is 9.29. The Morgan fingerprint density at radius 2 is 1.43 bits per heavy atom. The van der Waals surface area contributed by atoms with Crippen molar-refractivity contribution in [3.8, 4) is 0 Å². The van der Waals surface area contributed by atoms with Crippen molar-refractivity contribution < 1.29 is 30.4 Å². The van der Waals surface area contributed by atoms with Gasteiger partial charge < -0.3 is 0 Å². The zero-order valence-electron chi connectivity index (χ0n) is 15.4. The standard InChI is InChI=1S/C21H16BrF5O2S/c22-18-6-3-13(9-17(18)21(25,26)27)16-11-20(7-8-20)10-15(16)12-1-4-14(5-2-12)30(28,29)19(23)24/h1-6,9,19H,7-8,10-11H2.